The first kappa shape index (κ1) is 13.5. The van der Waals surface area contributed by atoms with Crippen LogP contribution in [0.15, 0.2) is 42.5 Å². The molecule has 0 spiro atoms. The van der Waals surface area contributed by atoms with E-state index < -0.39 is 0 Å². The zero-order valence-corrected chi connectivity index (χ0v) is 11.0. The van der Waals surface area contributed by atoms with E-state index in [1.54, 1.807) is 19.2 Å². The zero-order chi connectivity index (χ0) is 13.8. The third kappa shape index (κ3) is 2.92. The standard InChI is InChI=1S/C15H17FN2O/c1-10-9-13(19-2)7-8-14(10)15(18-17)11-3-5-12(16)6-4-11/h3-9,15,18H,17H2,1-2H3. The molecule has 0 aliphatic heterocycles. The van der Waals surface area contributed by atoms with Gasteiger partial charge in [-0.2, -0.15) is 0 Å². The Hall–Kier alpha value is -1.91. The molecule has 2 aromatic carbocycles. The summed E-state index contributed by atoms with van der Waals surface area (Å²) in [6.07, 6.45) is 0. The first-order chi connectivity index (χ1) is 9.15. The maximum absolute atomic E-state index is 13.0. The molecule has 1 unspecified atom stereocenters. The fourth-order valence-corrected chi connectivity index (χ4v) is 2.12. The van der Waals surface area contributed by atoms with Gasteiger partial charge in [0.2, 0.25) is 0 Å². The summed E-state index contributed by atoms with van der Waals surface area (Å²) in [5.41, 5.74) is 5.78. The molecule has 0 fully saturated rings. The molecule has 0 heterocycles. The Morgan fingerprint density at radius 3 is 2.37 bits per heavy atom. The number of hydrogen-bond acceptors (Lipinski definition) is 3. The molecule has 3 nitrogen and oxygen atoms in total. The van der Waals surface area contributed by atoms with Gasteiger partial charge in [0.05, 0.1) is 13.2 Å². The van der Waals surface area contributed by atoms with Gasteiger partial charge in [0.25, 0.3) is 0 Å². The maximum atomic E-state index is 13.0. The largest absolute Gasteiger partial charge is 0.497 e. The van der Waals surface area contributed by atoms with E-state index in [1.165, 1.54) is 12.1 Å². The number of halogens is 1. The molecule has 0 saturated heterocycles. The van der Waals surface area contributed by atoms with E-state index in [1.807, 2.05) is 25.1 Å². The molecule has 0 aromatic heterocycles. The Balaban J connectivity index is 2.39. The number of hydrazine groups is 1. The first-order valence-electron chi connectivity index (χ1n) is 6.02. The summed E-state index contributed by atoms with van der Waals surface area (Å²) in [7, 11) is 1.63. The normalized spacial score (nSPS) is 12.2. The lowest BCUT2D eigenvalue weighted by molar-refractivity contribution is 0.414. The molecule has 3 N–H and O–H groups in total. The minimum Gasteiger partial charge on any atom is -0.497 e. The van der Waals surface area contributed by atoms with E-state index >= 15 is 0 Å². The summed E-state index contributed by atoms with van der Waals surface area (Å²) in [5, 5.41) is 0. The smallest absolute Gasteiger partial charge is 0.123 e. The van der Waals surface area contributed by atoms with Crippen molar-refractivity contribution in [3.05, 3.63) is 65.0 Å². The van der Waals surface area contributed by atoms with Crippen molar-refractivity contribution in [2.45, 2.75) is 13.0 Å². The van der Waals surface area contributed by atoms with Crippen molar-refractivity contribution in [3.63, 3.8) is 0 Å². The minimum atomic E-state index is -0.258. The Morgan fingerprint density at radius 1 is 1.16 bits per heavy atom. The summed E-state index contributed by atoms with van der Waals surface area (Å²) in [4.78, 5) is 0. The molecule has 1 atom stereocenters. The number of methoxy groups -OCH3 is 1. The van der Waals surface area contributed by atoms with Crippen molar-refractivity contribution in [1.82, 2.24) is 5.43 Å². The SMILES string of the molecule is COc1ccc(C(NN)c2ccc(F)cc2)c(C)c1. The van der Waals surface area contributed by atoms with Crippen LogP contribution < -0.4 is 16.0 Å². The fourth-order valence-electron chi connectivity index (χ4n) is 2.12. The molecule has 2 aromatic rings. The van der Waals surface area contributed by atoms with E-state index in [4.69, 9.17) is 10.6 Å². The molecule has 0 saturated carbocycles. The third-order valence-electron chi connectivity index (χ3n) is 3.16. The molecular formula is C15H17FN2O. The number of nitrogens with two attached hydrogens (primary N) is 1. The molecule has 0 aliphatic carbocycles. The lowest BCUT2D eigenvalue weighted by atomic mass is 9.95. The van der Waals surface area contributed by atoms with Crippen LogP contribution in [0.2, 0.25) is 0 Å². The molecule has 2 rings (SSSR count). The number of hydrogen-bond donors (Lipinski definition) is 2. The topological polar surface area (TPSA) is 47.3 Å². The van der Waals surface area contributed by atoms with Crippen LogP contribution in [-0.4, -0.2) is 7.11 Å². The van der Waals surface area contributed by atoms with Crippen LogP contribution >= 0.6 is 0 Å². The number of rotatable bonds is 4. The Kier molecular flexibility index (Phi) is 4.14. The molecule has 0 amide bonds. The second kappa shape index (κ2) is 5.82. The van der Waals surface area contributed by atoms with Gasteiger partial charge in [0.15, 0.2) is 0 Å². The first-order valence-corrected chi connectivity index (χ1v) is 6.02. The highest BCUT2D eigenvalue weighted by molar-refractivity contribution is 5.41. The van der Waals surface area contributed by atoms with Gasteiger partial charge in [0.1, 0.15) is 11.6 Å². The van der Waals surface area contributed by atoms with Crippen LogP contribution in [0.25, 0.3) is 0 Å². The Bertz CT molecular complexity index is 555. The molecule has 4 heteroatoms. The fraction of sp³-hybridized carbons (Fsp3) is 0.200. The lowest BCUT2D eigenvalue weighted by Crippen LogP contribution is -2.29. The van der Waals surface area contributed by atoms with Crippen molar-refractivity contribution in [2.75, 3.05) is 7.11 Å². The summed E-state index contributed by atoms with van der Waals surface area (Å²) in [6.45, 7) is 1.99. The predicted octanol–water partition coefficient (Wildman–Crippen LogP) is 2.70. The second-order valence-corrected chi connectivity index (χ2v) is 4.37. The van der Waals surface area contributed by atoms with E-state index in [0.29, 0.717) is 0 Å². The van der Waals surface area contributed by atoms with Gasteiger partial charge >= 0.3 is 0 Å². The van der Waals surface area contributed by atoms with Crippen molar-refractivity contribution in [2.24, 2.45) is 5.84 Å². The van der Waals surface area contributed by atoms with Crippen LogP contribution in [0, 0.1) is 12.7 Å². The van der Waals surface area contributed by atoms with Crippen molar-refractivity contribution >= 4 is 0 Å². The zero-order valence-electron chi connectivity index (χ0n) is 11.0. The highest BCUT2D eigenvalue weighted by Gasteiger charge is 2.15. The highest BCUT2D eigenvalue weighted by atomic mass is 19.1. The molecular weight excluding hydrogens is 243 g/mol. The number of aryl methyl sites for hydroxylation is 1. The van der Waals surface area contributed by atoms with Crippen LogP contribution in [0.1, 0.15) is 22.7 Å². The van der Waals surface area contributed by atoms with Crippen LogP contribution in [0.5, 0.6) is 5.75 Å². The van der Waals surface area contributed by atoms with E-state index in [-0.39, 0.29) is 11.9 Å². The maximum Gasteiger partial charge on any atom is 0.123 e. The van der Waals surface area contributed by atoms with Gasteiger partial charge in [-0.1, -0.05) is 18.2 Å². The van der Waals surface area contributed by atoms with E-state index in [9.17, 15) is 4.39 Å². The average molecular weight is 260 g/mol. The number of nitrogens with one attached hydrogen (secondary N) is 1. The summed E-state index contributed by atoms with van der Waals surface area (Å²) < 4.78 is 18.1. The van der Waals surface area contributed by atoms with Crippen molar-refractivity contribution < 1.29 is 9.13 Å². The summed E-state index contributed by atoms with van der Waals surface area (Å²) >= 11 is 0. The molecule has 0 radical (unpaired) electrons. The van der Waals surface area contributed by atoms with Crippen LogP contribution in [-0.2, 0) is 0 Å². The quantitative estimate of drug-likeness (QED) is 0.656. The Labute approximate surface area is 112 Å². The monoisotopic (exact) mass is 260 g/mol. The van der Waals surface area contributed by atoms with Crippen molar-refractivity contribution in [1.29, 1.82) is 0 Å². The third-order valence-corrected chi connectivity index (χ3v) is 3.16. The molecule has 0 aliphatic rings. The molecule has 19 heavy (non-hydrogen) atoms. The van der Waals surface area contributed by atoms with Gasteiger partial charge in [0, 0.05) is 0 Å². The molecule has 100 valence electrons. The minimum absolute atomic E-state index is 0.175. The average Bonchev–Trinajstić information content (AvgIpc) is 2.43. The van der Waals surface area contributed by atoms with Crippen molar-refractivity contribution in [3.8, 4) is 5.75 Å². The van der Waals surface area contributed by atoms with Gasteiger partial charge in [-0.05, 0) is 47.9 Å². The Morgan fingerprint density at radius 2 is 1.84 bits per heavy atom. The molecule has 0 bridgehead atoms. The van der Waals surface area contributed by atoms with E-state index in [2.05, 4.69) is 5.43 Å². The summed E-state index contributed by atoms with van der Waals surface area (Å²) in [6, 6.07) is 11.9. The van der Waals surface area contributed by atoms with Crippen LogP contribution in [0.3, 0.4) is 0 Å². The highest BCUT2D eigenvalue weighted by Crippen LogP contribution is 2.27. The van der Waals surface area contributed by atoms with E-state index in [0.717, 1.165) is 22.4 Å². The van der Waals surface area contributed by atoms with Crippen LogP contribution in [0.4, 0.5) is 4.39 Å². The number of benzene rings is 2. The number of ether oxygens (including phenoxy) is 1. The predicted molar refractivity (Wildman–Crippen MR) is 73.3 cm³/mol. The van der Waals surface area contributed by atoms with Gasteiger partial charge < -0.3 is 4.74 Å². The van der Waals surface area contributed by atoms with Gasteiger partial charge in [-0.25, -0.2) is 9.82 Å². The lowest BCUT2D eigenvalue weighted by Gasteiger charge is -2.19. The van der Waals surface area contributed by atoms with Gasteiger partial charge in [-0.15, -0.1) is 0 Å². The summed E-state index contributed by atoms with van der Waals surface area (Å²) in [5.74, 6) is 6.18. The second-order valence-electron chi connectivity index (χ2n) is 4.37. The van der Waals surface area contributed by atoms with Gasteiger partial charge in [-0.3, -0.25) is 5.84 Å².